The highest BCUT2D eigenvalue weighted by molar-refractivity contribution is 5.74. The van der Waals surface area contributed by atoms with Gasteiger partial charge >= 0.3 is 12.1 Å². The van der Waals surface area contributed by atoms with Crippen molar-refractivity contribution in [1.82, 2.24) is 21.3 Å². The molecule has 8 nitrogen and oxygen atoms in total. The minimum absolute atomic E-state index is 0.161. The Balaban J connectivity index is 1.36. The Morgan fingerprint density at radius 2 is 1.21 bits per heavy atom. The van der Waals surface area contributed by atoms with Crippen LogP contribution in [0.1, 0.15) is 25.7 Å². The number of nitrogens with one attached hydrogen (secondary N) is 5. The van der Waals surface area contributed by atoms with Crippen LogP contribution in [0.4, 0.5) is 24.1 Å². The normalized spacial score (nSPS) is 10.3. The lowest BCUT2D eigenvalue weighted by molar-refractivity contribution is 0.235. The highest BCUT2D eigenvalue weighted by atomic mass is 19.1. The van der Waals surface area contributed by atoms with E-state index in [1.54, 1.807) is 30.3 Å². The molecular weight excluding hydrogens is 444 g/mol. The van der Waals surface area contributed by atoms with Gasteiger partial charge in [0.2, 0.25) is 0 Å². The number of rotatable bonds is 15. The summed E-state index contributed by atoms with van der Waals surface area (Å²) in [5, 5.41) is 13.8. The lowest BCUT2D eigenvalue weighted by Crippen LogP contribution is -2.38. The van der Waals surface area contributed by atoms with Gasteiger partial charge in [0.25, 0.3) is 0 Å². The lowest BCUT2D eigenvalue weighted by Gasteiger charge is -2.10. The number of benzene rings is 2. The third-order valence-corrected chi connectivity index (χ3v) is 4.76. The highest BCUT2D eigenvalue weighted by Crippen LogP contribution is 2.14. The van der Waals surface area contributed by atoms with Crippen molar-refractivity contribution < 1.29 is 23.1 Å². The van der Waals surface area contributed by atoms with Gasteiger partial charge in [-0.2, -0.15) is 0 Å². The van der Waals surface area contributed by atoms with E-state index in [1.165, 1.54) is 18.2 Å². The van der Waals surface area contributed by atoms with Gasteiger partial charge < -0.3 is 31.3 Å². The Morgan fingerprint density at radius 1 is 0.647 bits per heavy atom. The molecule has 0 heterocycles. The molecule has 0 saturated carbocycles. The van der Waals surface area contributed by atoms with Crippen molar-refractivity contribution in [2.45, 2.75) is 25.7 Å². The van der Waals surface area contributed by atoms with Crippen molar-refractivity contribution in [3.63, 3.8) is 0 Å². The summed E-state index contributed by atoms with van der Waals surface area (Å²) < 4.78 is 32.1. The third-order valence-electron chi connectivity index (χ3n) is 4.76. The van der Waals surface area contributed by atoms with E-state index in [-0.39, 0.29) is 36.8 Å². The first-order valence-electron chi connectivity index (χ1n) is 11.5. The van der Waals surface area contributed by atoms with Gasteiger partial charge in [-0.15, -0.1) is 0 Å². The molecule has 2 aromatic rings. The number of ether oxygens (including phenoxy) is 1. The number of carbonyl (C=O) groups is 2. The zero-order valence-corrected chi connectivity index (χ0v) is 19.2. The third kappa shape index (κ3) is 11.3. The molecule has 2 aromatic carbocycles. The molecule has 0 atom stereocenters. The Hall–Kier alpha value is -3.56. The van der Waals surface area contributed by atoms with E-state index < -0.39 is 5.82 Å². The van der Waals surface area contributed by atoms with Gasteiger partial charge in [-0.25, -0.2) is 18.4 Å². The first-order chi connectivity index (χ1) is 16.6. The summed E-state index contributed by atoms with van der Waals surface area (Å²) >= 11 is 0. The Kier molecular flexibility index (Phi) is 12.7. The molecule has 0 radical (unpaired) electrons. The predicted octanol–water partition coefficient (Wildman–Crippen LogP) is 3.61. The number of carbonyl (C=O) groups excluding carboxylic acids is 2. The summed E-state index contributed by atoms with van der Waals surface area (Å²) in [6.45, 7) is 2.35. The molecule has 0 fully saturated rings. The second-order valence-corrected chi connectivity index (χ2v) is 7.47. The van der Waals surface area contributed by atoms with Gasteiger partial charge in [-0.1, -0.05) is 37.1 Å². The Labute approximate surface area is 198 Å². The molecule has 0 bridgehead atoms. The molecule has 0 aliphatic heterocycles. The van der Waals surface area contributed by atoms with Gasteiger partial charge in [-0.3, -0.25) is 0 Å². The Bertz CT molecular complexity index is 814. The maximum atomic E-state index is 13.5. The summed E-state index contributed by atoms with van der Waals surface area (Å²) in [4.78, 5) is 23.4. The first-order valence-corrected chi connectivity index (χ1v) is 11.5. The molecule has 2 rings (SSSR count). The van der Waals surface area contributed by atoms with Crippen LogP contribution in [0.3, 0.4) is 0 Å². The van der Waals surface area contributed by atoms with E-state index in [9.17, 15) is 18.4 Å². The molecule has 0 saturated heterocycles. The predicted molar refractivity (Wildman–Crippen MR) is 128 cm³/mol. The van der Waals surface area contributed by atoms with E-state index in [1.807, 2.05) is 0 Å². The van der Waals surface area contributed by atoms with Crippen LogP contribution in [-0.4, -0.2) is 51.4 Å². The Morgan fingerprint density at radius 3 is 1.85 bits per heavy atom. The molecule has 0 spiro atoms. The molecule has 0 unspecified atom stereocenters. The molecule has 10 heteroatoms. The molecule has 0 aromatic heterocycles. The maximum absolute atomic E-state index is 13.5. The monoisotopic (exact) mass is 477 g/mol. The van der Waals surface area contributed by atoms with Gasteiger partial charge in [-0.05, 0) is 37.1 Å². The maximum Gasteiger partial charge on any atom is 0.314 e. The second kappa shape index (κ2) is 16.1. The van der Waals surface area contributed by atoms with Crippen molar-refractivity contribution in [3.05, 3.63) is 60.2 Å². The van der Waals surface area contributed by atoms with Crippen molar-refractivity contribution in [1.29, 1.82) is 0 Å². The van der Waals surface area contributed by atoms with Crippen LogP contribution in [0.15, 0.2) is 48.5 Å². The zero-order valence-electron chi connectivity index (χ0n) is 19.2. The zero-order chi connectivity index (χ0) is 24.4. The van der Waals surface area contributed by atoms with Crippen molar-refractivity contribution in [2.75, 3.05) is 44.6 Å². The summed E-state index contributed by atoms with van der Waals surface area (Å²) in [7, 11) is 0. The molecule has 5 N–H and O–H groups in total. The van der Waals surface area contributed by atoms with Crippen LogP contribution in [-0.2, 0) is 0 Å². The van der Waals surface area contributed by atoms with Crippen LogP contribution in [0.5, 0.6) is 5.75 Å². The average molecular weight is 478 g/mol. The van der Waals surface area contributed by atoms with Crippen molar-refractivity contribution in [2.24, 2.45) is 0 Å². The fraction of sp³-hybridized carbons (Fsp3) is 0.417. The quantitative estimate of drug-likeness (QED) is 0.253. The number of anilines is 1. The number of hydrogen-bond acceptors (Lipinski definition) is 4. The largest absolute Gasteiger partial charge is 0.489 e. The van der Waals surface area contributed by atoms with E-state index >= 15 is 0 Å². The van der Waals surface area contributed by atoms with Crippen LogP contribution in [0, 0.1) is 11.6 Å². The van der Waals surface area contributed by atoms with Gasteiger partial charge in [0.1, 0.15) is 12.4 Å². The topological polar surface area (TPSA) is 104 Å². The number of hydrogen-bond donors (Lipinski definition) is 5. The van der Waals surface area contributed by atoms with Crippen molar-refractivity contribution in [3.8, 4) is 5.75 Å². The average Bonchev–Trinajstić information content (AvgIpc) is 2.83. The highest BCUT2D eigenvalue weighted by Gasteiger charge is 2.03. The van der Waals surface area contributed by atoms with E-state index in [4.69, 9.17) is 4.74 Å². The van der Waals surface area contributed by atoms with E-state index in [0.29, 0.717) is 31.9 Å². The molecule has 4 amide bonds. The molecule has 34 heavy (non-hydrogen) atoms. The van der Waals surface area contributed by atoms with Crippen LogP contribution in [0.2, 0.25) is 0 Å². The summed E-state index contributed by atoms with van der Waals surface area (Å²) in [5.74, 6) is -0.598. The van der Waals surface area contributed by atoms with Crippen LogP contribution in [0.25, 0.3) is 0 Å². The second-order valence-electron chi connectivity index (χ2n) is 7.47. The van der Waals surface area contributed by atoms with E-state index in [2.05, 4.69) is 26.6 Å². The number of urea groups is 2. The molecular formula is C24H33F2N5O3. The number of para-hydroxylation sites is 2. The van der Waals surface area contributed by atoms with E-state index in [0.717, 1.165) is 25.7 Å². The van der Waals surface area contributed by atoms with Gasteiger partial charge in [0, 0.05) is 26.2 Å². The molecule has 186 valence electrons. The minimum atomic E-state index is -0.434. The smallest absolute Gasteiger partial charge is 0.314 e. The summed E-state index contributed by atoms with van der Waals surface area (Å²) in [5.41, 5.74) is 0.408. The number of amides is 4. The number of halogens is 2. The minimum Gasteiger partial charge on any atom is -0.489 e. The molecule has 0 aliphatic rings. The summed E-state index contributed by atoms with van der Waals surface area (Å²) in [6.07, 6.45) is 3.51. The van der Waals surface area contributed by atoms with Gasteiger partial charge in [0.15, 0.2) is 11.6 Å². The van der Waals surface area contributed by atoms with Crippen LogP contribution >= 0.6 is 0 Å². The fourth-order valence-corrected chi connectivity index (χ4v) is 3.00. The van der Waals surface area contributed by atoms with Crippen molar-refractivity contribution >= 4 is 17.7 Å². The fourth-order valence-electron chi connectivity index (χ4n) is 3.00. The SMILES string of the molecule is O=C(NCCCCCCNC(=O)NCCOc1ccccc1F)NCCNc1ccccc1F. The lowest BCUT2D eigenvalue weighted by atomic mass is 10.2. The van der Waals surface area contributed by atoms with Gasteiger partial charge in [0.05, 0.1) is 12.2 Å². The number of unbranched alkanes of at least 4 members (excludes halogenated alkanes) is 3. The van der Waals surface area contributed by atoms with Crippen LogP contribution < -0.4 is 31.3 Å². The first kappa shape index (κ1) is 26.7. The summed E-state index contributed by atoms with van der Waals surface area (Å²) in [6, 6.07) is 11.9. The molecule has 0 aliphatic carbocycles. The standard InChI is InChI=1S/C24H33F2N5O3/c25-19-9-3-5-11-21(19)27-15-16-30-23(32)28-13-7-1-2-8-14-29-24(33)31-17-18-34-22-12-6-4-10-20(22)26/h3-6,9-12,27H,1-2,7-8,13-18H2,(H2,28,30,32)(H2,29,31,33).